The van der Waals surface area contributed by atoms with Crippen molar-refractivity contribution in [3.8, 4) is 11.1 Å². The molecule has 0 atom stereocenters. The molecule has 0 aliphatic heterocycles. The Labute approximate surface area is 203 Å². The molecule has 9 heteroatoms. The number of aromatic nitrogens is 3. The van der Waals surface area contributed by atoms with E-state index < -0.39 is 15.8 Å². The van der Waals surface area contributed by atoms with Gasteiger partial charge in [0.1, 0.15) is 23.4 Å². The number of sulfone groups is 1. The minimum absolute atomic E-state index is 0.0706. The third kappa shape index (κ3) is 4.48. The summed E-state index contributed by atoms with van der Waals surface area (Å²) in [4.78, 5) is 15.4. The lowest BCUT2D eigenvalue weighted by atomic mass is 10.0. The van der Waals surface area contributed by atoms with Crippen LogP contribution in [0.2, 0.25) is 5.02 Å². The third-order valence-corrected chi connectivity index (χ3v) is 7.08. The number of fused-ring (bicyclic) bond motifs is 1. The van der Waals surface area contributed by atoms with Crippen molar-refractivity contribution in [1.29, 1.82) is 0 Å². The number of nitrogens with zero attached hydrogens (tertiary/aromatic N) is 2. The monoisotopic (exact) mass is 500 g/mol. The van der Waals surface area contributed by atoms with Gasteiger partial charge in [-0.25, -0.2) is 13.2 Å². The normalized spacial score (nSPS) is 12.1. The van der Waals surface area contributed by atoms with Crippen LogP contribution in [0, 0.1) is 0 Å². The maximum Gasteiger partial charge on any atom is 0.353 e. The third-order valence-electron chi connectivity index (χ3n) is 5.89. The molecule has 2 aromatic heterocycles. The number of aromatic carboxylic acids is 1. The largest absolute Gasteiger partial charge is 0.477 e. The highest BCUT2D eigenvalue weighted by molar-refractivity contribution is 7.89. The first kappa shape index (κ1) is 24.0. The highest BCUT2D eigenvalue weighted by Crippen LogP contribution is 2.37. The van der Waals surface area contributed by atoms with Crippen LogP contribution in [-0.2, 0) is 29.2 Å². The first-order valence-corrected chi connectivity index (χ1v) is 13.3. The summed E-state index contributed by atoms with van der Waals surface area (Å²) < 4.78 is 27.6. The van der Waals surface area contributed by atoms with E-state index in [0.717, 1.165) is 28.5 Å². The summed E-state index contributed by atoms with van der Waals surface area (Å²) in [6.45, 7) is 4.78. The van der Waals surface area contributed by atoms with Crippen LogP contribution < -0.4 is 4.68 Å². The van der Waals surface area contributed by atoms with Crippen LogP contribution in [0.5, 0.6) is 0 Å². The molecular weight excluding hydrogens is 474 g/mol. The molecule has 2 aromatic carbocycles. The molecule has 7 nitrogen and oxygen atoms in total. The van der Waals surface area contributed by atoms with E-state index in [2.05, 4.69) is 35.6 Å². The molecule has 0 saturated heterocycles. The molecule has 34 heavy (non-hydrogen) atoms. The number of carbonyl (C=O) groups is 1. The smallest absolute Gasteiger partial charge is 0.353 e. The van der Waals surface area contributed by atoms with Gasteiger partial charge in [0.2, 0.25) is 0 Å². The molecular formula is C25H27ClN3O4S+. The number of nitrogens with one attached hydrogen (secondary N) is 1. The Morgan fingerprint density at radius 1 is 1.18 bits per heavy atom. The maximum absolute atomic E-state index is 12.2. The zero-order chi connectivity index (χ0) is 24.8. The molecule has 0 aliphatic carbocycles. The minimum atomic E-state index is -3.26. The number of rotatable bonds is 7. The quantitative estimate of drug-likeness (QED) is 0.364. The van der Waals surface area contributed by atoms with E-state index in [0.29, 0.717) is 23.2 Å². The summed E-state index contributed by atoms with van der Waals surface area (Å²) in [5.74, 6) is -1.13. The second-order valence-electron chi connectivity index (χ2n) is 8.89. The van der Waals surface area contributed by atoms with Crippen LogP contribution in [0.4, 0.5) is 0 Å². The van der Waals surface area contributed by atoms with Gasteiger partial charge in [0, 0.05) is 17.2 Å². The van der Waals surface area contributed by atoms with E-state index in [-0.39, 0.29) is 22.4 Å². The van der Waals surface area contributed by atoms with Crippen molar-refractivity contribution in [2.75, 3.05) is 6.26 Å². The fraction of sp³-hybridized carbons (Fsp3) is 0.280. The zero-order valence-electron chi connectivity index (χ0n) is 19.5. The Kier molecular flexibility index (Phi) is 6.31. The number of carboxylic acid groups (broad SMARTS) is 1. The highest BCUT2D eigenvalue weighted by atomic mass is 35.5. The summed E-state index contributed by atoms with van der Waals surface area (Å²) >= 11 is 6.44. The van der Waals surface area contributed by atoms with Gasteiger partial charge in [0.05, 0.1) is 11.3 Å². The molecule has 4 aromatic rings. The van der Waals surface area contributed by atoms with Crippen molar-refractivity contribution < 1.29 is 23.0 Å². The molecule has 178 valence electrons. The van der Waals surface area contributed by atoms with Gasteiger partial charge in [-0.3, -0.25) is 0 Å². The number of hydrogen-bond donors (Lipinski definition) is 2. The van der Waals surface area contributed by atoms with Crippen LogP contribution in [0.3, 0.4) is 0 Å². The van der Waals surface area contributed by atoms with Crippen molar-refractivity contribution in [3.63, 3.8) is 0 Å². The lowest BCUT2D eigenvalue weighted by Gasteiger charge is -2.10. The van der Waals surface area contributed by atoms with Crippen LogP contribution in [0.1, 0.15) is 47.1 Å². The molecule has 2 heterocycles. The van der Waals surface area contributed by atoms with E-state index in [4.69, 9.17) is 11.6 Å². The lowest BCUT2D eigenvalue weighted by Crippen LogP contribution is -2.40. The molecule has 0 unspecified atom stereocenters. The number of aromatic amines is 1. The Bertz CT molecular complexity index is 1500. The maximum atomic E-state index is 12.2. The van der Waals surface area contributed by atoms with Crippen molar-refractivity contribution in [3.05, 3.63) is 76.1 Å². The Morgan fingerprint density at radius 3 is 2.41 bits per heavy atom. The molecule has 0 fully saturated rings. The zero-order valence-corrected chi connectivity index (χ0v) is 21.0. The predicted octanol–water partition coefficient (Wildman–Crippen LogP) is 4.53. The van der Waals surface area contributed by atoms with Gasteiger partial charge in [-0.1, -0.05) is 67.9 Å². The van der Waals surface area contributed by atoms with Gasteiger partial charge in [-0.2, -0.15) is 4.68 Å². The van der Waals surface area contributed by atoms with E-state index >= 15 is 0 Å². The number of aryl methyl sites for hydroxylation is 1. The van der Waals surface area contributed by atoms with Crippen LogP contribution >= 0.6 is 11.6 Å². The van der Waals surface area contributed by atoms with Gasteiger partial charge in [0.25, 0.3) is 5.52 Å². The van der Waals surface area contributed by atoms with Gasteiger partial charge in [-0.15, -0.1) is 4.68 Å². The summed E-state index contributed by atoms with van der Waals surface area (Å²) in [5.41, 5.74) is 5.31. The average Bonchev–Trinajstić information content (AvgIpc) is 3.25. The summed E-state index contributed by atoms with van der Waals surface area (Å²) in [7, 11) is -1.35. The van der Waals surface area contributed by atoms with Gasteiger partial charge < -0.3 is 10.1 Å². The summed E-state index contributed by atoms with van der Waals surface area (Å²) in [6.07, 6.45) is 1.15. The van der Waals surface area contributed by atoms with Crippen LogP contribution in [-0.4, -0.2) is 35.4 Å². The average molecular weight is 501 g/mol. The first-order chi connectivity index (χ1) is 16.0. The Morgan fingerprint density at radius 2 is 1.85 bits per heavy atom. The minimum Gasteiger partial charge on any atom is -0.477 e. The molecule has 0 aliphatic rings. The fourth-order valence-corrected chi connectivity index (χ4v) is 5.63. The van der Waals surface area contributed by atoms with Gasteiger partial charge in [0.15, 0.2) is 16.9 Å². The molecule has 0 bridgehead atoms. The SMILES string of the molecule is CC(C)c1c2[nH]c(C(=O)O)c(-c3ccc(CS(C)(=O)=O)c(Cl)c3)c2[n+](C)n1Cc1ccccc1. The summed E-state index contributed by atoms with van der Waals surface area (Å²) in [6, 6.07) is 15.1. The van der Waals surface area contributed by atoms with Gasteiger partial charge in [-0.05, 0) is 22.8 Å². The fourth-order valence-electron chi connectivity index (χ4n) is 4.49. The Hall–Kier alpha value is -3.10. The molecule has 0 radical (unpaired) electrons. The van der Waals surface area contributed by atoms with Crippen molar-refractivity contribution in [2.24, 2.45) is 7.05 Å². The van der Waals surface area contributed by atoms with E-state index in [1.807, 2.05) is 29.9 Å². The molecule has 0 amide bonds. The molecule has 2 N–H and O–H groups in total. The molecule has 0 spiro atoms. The van der Waals surface area contributed by atoms with Gasteiger partial charge >= 0.3 is 5.97 Å². The van der Waals surface area contributed by atoms with E-state index in [1.165, 1.54) is 0 Å². The second-order valence-corrected chi connectivity index (χ2v) is 11.4. The lowest BCUT2D eigenvalue weighted by molar-refractivity contribution is -0.730. The first-order valence-electron chi connectivity index (χ1n) is 10.9. The Balaban J connectivity index is 1.96. The molecule has 4 rings (SSSR count). The number of carboxylic acids is 1. The van der Waals surface area contributed by atoms with Crippen molar-refractivity contribution in [1.82, 2.24) is 9.67 Å². The van der Waals surface area contributed by atoms with Crippen LogP contribution in [0.25, 0.3) is 22.2 Å². The number of H-pyrrole nitrogens is 1. The van der Waals surface area contributed by atoms with E-state index in [9.17, 15) is 18.3 Å². The van der Waals surface area contributed by atoms with Crippen LogP contribution in [0.15, 0.2) is 48.5 Å². The summed E-state index contributed by atoms with van der Waals surface area (Å²) in [5, 5.41) is 10.3. The predicted molar refractivity (Wildman–Crippen MR) is 133 cm³/mol. The standard InChI is InChI=1S/C25H26ClN3O4S/c1-15(2)23-22-24(28(3)29(23)13-16-8-6-5-7-9-16)20(21(27-22)25(30)31)17-10-11-18(19(26)12-17)14-34(4,32)33/h5-12,15H,13-14H2,1-4H3,(H,30,31)/p+1. The number of benzene rings is 2. The van der Waals surface area contributed by atoms with Crippen molar-refractivity contribution in [2.45, 2.75) is 32.1 Å². The van der Waals surface area contributed by atoms with E-state index in [1.54, 1.807) is 18.2 Å². The highest BCUT2D eigenvalue weighted by Gasteiger charge is 2.33. The molecule has 0 saturated carbocycles. The number of hydrogen-bond acceptors (Lipinski definition) is 3. The topological polar surface area (TPSA) is 96.0 Å². The second kappa shape index (κ2) is 8.92. The van der Waals surface area contributed by atoms with Crippen molar-refractivity contribution >= 4 is 38.4 Å². The number of halogens is 1.